The summed E-state index contributed by atoms with van der Waals surface area (Å²) in [5.74, 6) is -0.891. The number of para-hydroxylation sites is 2. The second-order valence-electron chi connectivity index (χ2n) is 4.14. The number of carboxylic acids is 1. The van der Waals surface area contributed by atoms with Crippen molar-refractivity contribution in [3.05, 3.63) is 42.3 Å². The fourth-order valence-corrected chi connectivity index (χ4v) is 2.66. The summed E-state index contributed by atoms with van der Waals surface area (Å²) in [6, 6.07) is 9.46. The Bertz CT molecular complexity index is 736. The lowest BCUT2D eigenvalue weighted by Gasteiger charge is -2.05. The van der Waals surface area contributed by atoms with E-state index >= 15 is 0 Å². The molecule has 0 aliphatic heterocycles. The van der Waals surface area contributed by atoms with Crippen LogP contribution < -0.4 is 0 Å². The van der Waals surface area contributed by atoms with E-state index in [9.17, 15) is 4.79 Å². The number of hydrogen-bond acceptors (Lipinski definition) is 5. The van der Waals surface area contributed by atoms with E-state index in [2.05, 4.69) is 10.1 Å². The number of fused-ring (bicyclic) bond motifs is 1. The predicted octanol–water partition coefficient (Wildman–Crippen LogP) is 2.25. The van der Waals surface area contributed by atoms with Crippen LogP contribution in [0.4, 0.5) is 0 Å². The maximum Gasteiger partial charge on any atom is 0.313 e. The Kier molecular flexibility index (Phi) is 3.42. The monoisotopic (exact) mass is 289 g/mol. The molecule has 0 atom stereocenters. The van der Waals surface area contributed by atoms with Crippen LogP contribution in [0, 0.1) is 0 Å². The molecule has 0 saturated heterocycles. The van der Waals surface area contributed by atoms with Crippen molar-refractivity contribution in [1.29, 1.82) is 0 Å². The number of carboxylic acid groups (broad SMARTS) is 1. The molecule has 0 unspecified atom stereocenters. The van der Waals surface area contributed by atoms with E-state index < -0.39 is 5.97 Å². The van der Waals surface area contributed by atoms with Gasteiger partial charge in [-0.15, -0.1) is 0 Å². The molecule has 0 saturated carbocycles. The molecule has 2 aromatic heterocycles. The molecule has 6 nitrogen and oxygen atoms in total. The molecule has 3 aromatic rings. The number of carbonyl (C=O) groups is 1. The fraction of sp³-hybridized carbons (Fsp3) is 0.154. The summed E-state index contributed by atoms with van der Waals surface area (Å²) in [7, 11) is 0. The molecular formula is C13H11N3O3S. The van der Waals surface area contributed by atoms with Gasteiger partial charge >= 0.3 is 5.97 Å². The number of benzene rings is 1. The minimum absolute atomic E-state index is 0.0257. The van der Waals surface area contributed by atoms with Gasteiger partial charge in [0.05, 0.1) is 23.3 Å². The van der Waals surface area contributed by atoms with E-state index in [0.717, 1.165) is 16.7 Å². The van der Waals surface area contributed by atoms with Crippen LogP contribution in [0.1, 0.15) is 5.69 Å². The normalized spacial score (nSPS) is 11.0. The number of imidazole rings is 1. The molecule has 0 fully saturated rings. The average Bonchev–Trinajstić information content (AvgIpc) is 3.05. The molecule has 20 heavy (non-hydrogen) atoms. The van der Waals surface area contributed by atoms with Crippen LogP contribution in [-0.4, -0.2) is 31.5 Å². The van der Waals surface area contributed by atoms with Crippen molar-refractivity contribution >= 4 is 28.8 Å². The molecule has 102 valence electrons. The van der Waals surface area contributed by atoms with Crippen molar-refractivity contribution in [2.45, 2.75) is 11.7 Å². The first-order valence-corrected chi connectivity index (χ1v) is 6.92. The highest BCUT2D eigenvalue weighted by Gasteiger charge is 2.13. The molecule has 0 aliphatic rings. The zero-order chi connectivity index (χ0) is 13.9. The summed E-state index contributed by atoms with van der Waals surface area (Å²) in [4.78, 5) is 15.2. The van der Waals surface area contributed by atoms with Crippen LogP contribution in [0.5, 0.6) is 0 Å². The van der Waals surface area contributed by atoms with Crippen molar-refractivity contribution in [3.8, 4) is 0 Å². The summed E-state index contributed by atoms with van der Waals surface area (Å²) in [5.41, 5.74) is 2.55. The number of rotatable bonds is 5. The van der Waals surface area contributed by atoms with Crippen molar-refractivity contribution < 1.29 is 14.4 Å². The second-order valence-corrected chi connectivity index (χ2v) is 5.08. The first kappa shape index (κ1) is 12.7. The highest BCUT2D eigenvalue weighted by molar-refractivity contribution is 7.99. The summed E-state index contributed by atoms with van der Waals surface area (Å²) in [5, 5.41) is 13.4. The first-order chi connectivity index (χ1) is 9.74. The molecule has 0 aliphatic carbocycles. The van der Waals surface area contributed by atoms with Gasteiger partial charge in [0.25, 0.3) is 0 Å². The van der Waals surface area contributed by atoms with Crippen molar-refractivity contribution in [2.75, 3.05) is 5.75 Å². The number of hydrogen-bond donors (Lipinski definition) is 1. The minimum Gasteiger partial charge on any atom is -0.481 e. The minimum atomic E-state index is -0.866. The Morgan fingerprint density at radius 2 is 2.20 bits per heavy atom. The Morgan fingerprint density at radius 1 is 1.35 bits per heavy atom. The van der Waals surface area contributed by atoms with Gasteiger partial charge in [0, 0.05) is 6.07 Å². The van der Waals surface area contributed by atoms with Crippen LogP contribution >= 0.6 is 11.8 Å². The molecule has 0 spiro atoms. The third-order valence-electron chi connectivity index (χ3n) is 2.76. The number of thioether (sulfide) groups is 1. The molecule has 0 bridgehead atoms. The van der Waals surface area contributed by atoms with Crippen LogP contribution in [0.3, 0.4) is 0 Å². The molecule has 2 heterocycles. The first-order valence-electron chi connectivity index (χ1n) is 5.93. The standard InChI is InChI=1S/C13H11N3O3S/c17-12(18)8-20-13-14-10-3-1-2-4-11(10)16(13)7-9-5-6-19-15-9/h1-6H,7-8H2,(H,17,18). The lowest BCUT2D eigenvalue weighted by Crippen LogP contribution is -2.04. The SMILES string of the molecule is O=C(O)CSc1nc2ccccc2n1Cc1ccon1. The second kappa shape index (κ2) is 5.38. The quantitative estimate of drug-likeness (QED) is 0.725. The van der Waals surface area contributed by atoms with Crippen LogP contribution in [0.15, 0.2) is 46.3 Å². The number of aliphatic carboxylic acids is 1. The summed E-state index contributed by atoms with van der Waals surface area (Å²) < 4.78 is 6.77. The molecule has 3 rings (SSSR count). The zero-order valence-corrected chi connectivity index (χ0v) is 11.2. The highest BCUT2D eigenvalue weighted by atomic mass is 32.2. The van der Waals surface area contributed by atoms with Gasteiger partial charge in [0.1, 0.15) is 12.0 Å². The molecule has 7 heteroatoms. The van der Waals surface area contributed by atoms with E-state index in [1.54, 1.807) is 6.07 Å². The van der Waals surface area contributed by atoms with Gasteiger partial charge in [-0.25, -0.2) is 4.98 Å². The molecular weight excluding hydrogens is 278 g/mol. The number of aromatic nitrogens is 3. The van der Waals surface area contributed by atoms with Gasteiger partial charge in [-0.3, -0.25) is 4.79 Å². The van der Waals surface area contributed by atoms with Gasteiger partial charge in [0.2, 0.25) is 0 Å². The van der Waals surface area contributed by atoms with Crippen LogP contribution in [0.25, 0.3) is 11.0 Å². The lowest BCUT2D eigenvalue weighted by atomic mass is 10.3. The van der Waals surface area contributed by atoms with E-state index in [4.69, 9.17) is 9.63 Å². The smallest absolute Gasteiger partial charge is 0.313 e. The fourth-order valence-electron chi connectivity index (χ4n) is 1.92. The molecule has 1 N–H and O–H groups in total. The van der Waals surface area contributed by atoms with Gasteiger partial charge in [-0.2, -0.15) is 0 Å². The summed E-state index contributed by atoms with van der Waals surface area (Å²) >= 11 is 1.20. The van der Waals surface area contributed by atoms with Crippen molar-refractivity contribution in [3.63, 3.8) is 0 Å². The predicted molar refractivity (Wildman–Crippen MR) is 73.7 cm³/mol. The summed E-state index contributed by atoms with van der Waals surface area (Å²) in [6.45, 7) is 0.499. The largest absolute Gasteiger partial charge is 0.481 e. The van der Waals surface area contributed by atoms with Crippen molar-refractivity contribution in [1.82, 2.24) is 14.7 Å². The third-order valence-corrected chi connectivity index (χ3v) is 3.72. The Balaban J connectivity index is 2.01. The van der Waals surface area contributed by atoms with E-state index in [1.807, 2.05) is 28.8 Å². The Hall–Kier alpha value is -2.28. The topological polar surface area (TPSA) is 81.1 Å². The van der Waals surface area contributed by atoms with Crippen molar-refractivity contribution in [2.24, 2.45) is 0 Å². The molecule has 0 radical (unpaired) electrons. The molecule has 0 amide bonds. The van der Waals surface area contributed by atoms with Crippen LogP contribution in [-0.2, 0) is 11.3 Å². The maximum absolute atomic E-state index is 10.7. The average molecular weight is 289 g/mol. The van der Waals surface area contributed by atoms with Gasteiger partial charge in [-0.05, 0) is 12.1 Å². The zero-order valence-electron chi connectivity index (χ0n) is 10.4. The lowest BCUT2D eigenvalue weighted by molar-refractivity contribution is -0.133. The Labute approximate surface area is 118 Å². The van der Waals surface area contributed by atoms with E-state index in [-0.39, 0.29) is 5.75 Å². The summed E-state index contributed by atoms with van der Waals surface area (Å²) in [6.07, 6.45) is 1.51. The van der Waals surface area contributed by atoms with E-state index in [0.29, 0.717) is 11.7 Å². The van der Waals surface area contributed by atoms with Crippen LogP contribution in [0.2, 0.25) is 0 Å². The Morgan fingerprint density at radius 3 is 2.95 bits per heavy atom. The van der Waals surface area contributed by atoms with Gasteiger partial charge in [0.15, 0.2) is 5.16 Å². The molecule has 1 aromatic carbocycles. The van der Waals surface area contributed by atoms with Gasteiger partial charge < -0.3 is 14.2 Å². The third kappa shape index (κ3) is 2.53. The van der Waals surface area contributed by atoms with E-state index in [1.165, 1.54) is 18.0 Å². The maximum atomic E-state index is 10.7. The highest BCUT2D eigenvalue weighted by Crippen LogP contribution is 2.24. The van der Waals surface area contributed by atoms with Gasteiger partial charge in [-0.1, -0.05) is 29.1 Å². The number of nitrogens with zero attached hydrogens (tertiary/aromatic N) is 3.